The minimum atomic E-state index is -0.436. The summed E-state index contributed by atoms with van der Waals surface area (Å²) < 4.78 is 0. The first kappa shape index (κ1) is 17.5. The summed E-state index contributed by atoms with van der Waals surface area (Å²) in [5.41, 5.74) is 1.21. The molecule has 3 aromatic rings. The van der Waals surface area contributed by atoms with Crippen molar-refractivity contribution in [3.05, 3.63) is 75.5 Å². The molecule has 2 N–H and O–H groups in total. The quantitative estimate of drug-likeness (QED) is 0.620. The van der Waals surface area contributed by atoms with Crippen molar-refractivity contribution in [1.82, 2.24) is 9.97 Å². The van der Waals surface area contributed by atoms with Gasteiger partial charge in [0.05, 0.1) is 26.4 Å². The van der Waals surface area contributed by atoms with Crippen molar-refractivity contribution in [2.24, 2.45) is 0 Å². The summed E-state index contributed by atoms with van der Waals surface area (Å²) in [4.78, 5) is 20.7. The lowest BCUT2D eigenvalue weighted by Gasteiger charge is -2.09. The average molecular weight is 394 g/mol. The molecule has 0 aliphatic rings. The van der Waals surface area contributed by atoms with E-state index in [0.29, 0.717) is 21.4 Å². The molecular formula is C17H11Cl3N4O. The van der Waals surface area contributed by atoms with Gasteiger partial charge in [0.25, 0.3) is 5.91 Å². The number of hydrogen-bond donors (Lipinski definition) is 2. The predicted octanol–water partition coefficient (Wildman–Crippen LogP) is 5.43. The topological polar surface area (TPSA) is 66.9 Å². The van der Waals surface area contributed by atoms with Gasteiger partial charge in [-0.25, -0.2) is 9.97 Å². The molecule has 126 valence electrons. The maximum Gasteiger partial charge on any atom is 0.274 e. The SMILES string of the molecule is O=C(Nc1cccc(Cl)c1Cl)c1ccnc(Nc2ccccc2Cl)n1. The summed E-state index contributed by atoms with van der Waals surface area (Å²) in [6.45, 7) is 0. The number of anilines is 3. The van der Waals surface area contributed by atoms with Crippen molar-refractivity contribution in [2.75, 3.05) is 10.6 Å². The molecule has 1 heterocycles. The van der Waals surface area contributed by atoms with Gasteiger partial charge in [0.15, 0.2) is 0 Å². The Labute approximate surface area is 159 Å². The summed E-state index contributed by atoms with van der Waals surface area (Å²) >= 11 is 18.1. The second-order valence-corrected chi connectivity index (χ2v) is 6.12. The van der Waals surface area contributed by atoms with Gasteiger partial charge in [-0.1, -0.05) is 53.0 Å². The normalized spacial score (nSPS) is 10.4. The number of rotatable bonds is 4. The molecule has 0 bridgehead atoms. The number of hydrogen-bond acceptors (Lipinski definition) is 4. The Balaban J connectivity index is 1.80. The lowest BCUT2D eigenvalue weighted by Crippen LogP contribution is -2.15. The van der Waals surface area contributed by atoms with Crippen molar-refractivity contribution < 1.29 is 4.79 Å². The van der Waals surface area contributed by atoms with Crippen LogP contribution in [0.5, 0.6) is 0 Å². The van der Waals surface area contributed by atoms with Crippen LogP contribution in [0.4, 0.5) is 17.3 Å². The van der Waals surface area contributed by atoms with Crippen LogP contribution < -0.4 is 10.6 Å². The van der Waals surface area contributed by atoms with E-state index in [0.717, 1.165) is 0 Å². The highest BCUT2D eigenvalue weighted by atomic mass is 35.5. The molecular weight excluding hydrogens is 383 g/mol. The lowest BCUT2D eigenvalue weighted by atomic mass is 10.3. The summed E-state index contributed by atoms with van der Waals surface area (Å²) in [6.07, 6.45) is 1.47. The zero-order valence-corrected chi connectivity index (χ0v) is 14.9. The van der Waals surface area contributed by atoms with Crippen LogP contribution in [0.1, 0.15) is 10.5 Å². The summed E-state index contributed by atoms with van der Waals surface area (Å²) in [5, 5.41) is 6.78. The lowest BCUT2D eigenvalue weighted by molar-refractivity contribution is 0.102. The van der Waals surface area contributed by atoms with E-state index >= 15 is 0 Å². The van der Waals surface area contributed by atoms with Gasteiger partial charge in [-0.15, -0.1) is 0 Å². The number of nitrogens with one attached hydrogen (secondary N) is 2. The number of halogens is 3. The number of amides is 1. The third-order valence-electron chi connectivity index (χ3n) is 3.21. The molecule has 0 saturated heterocycles. The van der Waals surface area contributed by atoms with E-state index in [1.54, 1.807) is 30.3 Å². The molecule has 0 atom stereocenters. The Kier molecular flexibility index (Phi) is 5.38. The van der Waals surface area contributed by atoms with Crippen LogP contribution in [0, 0.1) is 0 Å². The Hall–Kier alpha value is -2.34. The number of carbonyl (C=O) groups excluding carboxylic acids is 1. The standard InChI is InChI=1S/C17H11Cl3N4O/c18-10-4-1-2-6-12(10)23-17-21-9-8-14(24-17)16(25)22-13-7-3-5-11(19)15(13)20/h1-9H,(H,22,25)(H,21,23,24). The molecule has 0 unspecified atom stereocenters. The largest absolute Gasteiger partial charge is 0.323 e. The maximum atomic E-state index is 12.4. The molecule has 5 nitrogen and oxygen atoms in total. The third-order valence-corrected chi connectivity index (χ3v) is 4.36. The Morgan fingerprint density at radius 3 is 2.40 bits per heavy atom. The summed E-state index contributed by atoms with van der Waals surface area (Å²) in [7, 11) is 0. The van der Waals surface area contributed by atoms with E-state index in [1.807, 2.05) is 12.1 Å². The van der Waals surface area contributed by atoms with Crippen molar-refractivity contribution in [3.63, 3.8) is 0 Å². The molecule has 3 rings (SSSR count). The van der Waals surface area contributed by atoms with Crippen molar-refractivity contribution in [2.45, 2.75) is 0 Å². The van der Waals surface area contributed by atoms with Gasteiger partial charge in [0.2, 0.25) is 5.95 Å². The van der Waals surface area contributed by atoms with Crippen molar-refractivity contribution in [1.29, 1.82) is 0 Å². The van der Waals surface area contributed by atoms with E-state index in [9.17, 15) is 4.79 Å². The van der Waals surface area contributed by atoms with Crippen LogP contribution in [-0.4, -0.2) is 15.9 Å². The molecule has 0 spiro atoms. The second-order valence-electron chi connectivity index (χ2n) is 4.93. The average Bonchev–Trinajstić information content (AvgIpc) is 2.61. The molecule has 0 fully saturated rings. The van der Waals surface area contributed by atoms with E-state index in [-0.39, 0.29) is 16.7 Å². The van der Waals surface area contributed by atoms with Crippen LogP contribution in [0.15, 0.2) is 54.7 Å². The fraction of sp³-hybridized carbons (Fsp3) is 0. The van der Waals surface area contributed by atoms with Crippen LogP contribution >= 0.6 is 34.8 Å². The second kappa shape index (κ2) is 7.70. The van der Waals surface area contributed by atoms with E-state index < -0.39 is 5.91 Å². The molecule has 2 aromatic carbocycles. The highest BCUT2D eigenvalue weighted by Crippen LogP contribution is 2.29. The van der Waals surface area contributed by atoms with Gasteiger partial charge in [-0.2, -0.15) is 0 Å². The zero-order chi connectivity index (χ0) is 17.8. The molecule has 8 heteroatoms. The number of nitrogens with zero attached hydrogens (tertiary/aromatic N) is 2. The minimum Gasteiger partial charge on any atom is -0.323 e. The van der Waals surface area contributed by atoms with Gasteiger partial charge >= 0.3 is 0 Å². The van der Waals surface area contributed by atoms with E-state index in [1.165, 1.54) is 12.3 Å². The molecule has 0 aliphatic heterocycles. The Morgan fingerprint density at radius 1 is 0.880 bits per heavy atom. The maximum absolute atomic E-state index is 12.4. The van der Waals surface area contributed by atoms with Gasteiger partial charge in [-0.05, 0) is 30.3 Å². The highest BCUT2D eigenvalue weighted by Gasteiger charge is 2.13. The minimum absolute atomic E-state index is 0.167. The van der Waals surface area contributed by atoms with Gasteiger partial charge in [0, 0.05) is 6.20 Å². The van der Waals surface area contributed by atoms with Crippen LogP contribution in [0.3, 0.4) is 0 Å². The van der Waals surface area contributed by atoms with E-state index in [4.69, 9.17) is 34.8 Å². The Bertz CT molecular complexity index is 933. The first-order valence-electron chi connectivity index (χ1n) is 7.14. The molecule has 1 aromatic heterocycles. The predicted molar refractivity (Wildman–Crippen MR) is 101 cm³/mol. The first-order chi connectivity index (χ1) is 12.0. The van der Waals surface area contributed by atoms with Crippen molar-refractivity contribution >= 4 is 58.0 Å². The third kappa shape index (κ3) is 4.20. The molecule has 0 aliphatic carbocycles. The zero-order valence-electron chi connectivity index (χ0n) is 12.6. The number of para-hydroxylation sites is 1. The first-order valence-corrected chi connectivity index (χ1v) is 8.28. The monoisotopic (exact) mass is 392 g/mol. The van der Waals surface area contributed by atoms with Crippen LogP contribution in [-0.2, 0) is 0 Å². The fourth-order valence-electron chi connectivity index (χ4n) is 2.02. The smallest absolute Gasteiger partial charge is 0.274 e. The number of aromatic nitrogens is 2. The molecule has 1 amide bonds. The molecule has 0 saturated carbocycles. The van der Waals surface area contributed by atoms with Gasteiger partial charge < -0.3 is 10.6 Å². The molecule has 0 radical (unpaired) electrons. The van der Waals surface area contributed by atoms with Crippen LogP contribution in [0.25, 0.3) is 0 Å². The number of benzene rings is 2. The van der Waals surface area contributed by atoms with Crippen molar-refractivity contribution in [3.8, 4) is 0 Å². The Morgan fingerprint density at radius 2 is 1.60 bits per heavy atom. The highest BCUT2D eigenvalue weighted by molar-refractivity contribution is 6.44. The van der Waals surface area contributed by atoms with Gasteiger partial charge in [0.1, 0.15) is 5.69 Å². The van der Waals surface area contributed by atoms with Gasteiger partial charge in [-0.3, -0.25) is 4.79 Å². The summed E-state index contributed by atoms with van der Waals surface area (Å²) in [6, 6.07) is 13.6. The summed E-state index contributed by atoms with van der Waals surface area (Å²) in [5.74, 6) is -0.188. The van der Waals surface area contributed by atoms with Crippen LogP contribution in [0.2, 0.25) is 15.1 Å². The number of carbonyl (C=O) groups is 1. The molecule has 25 heavy (non-hydrogen) atoms. The van der Waals surface area contributed by atoms with E-state index in [2.05, 4.69) is 20.6 Å². The fourth-order valence-corrected chi connectivity index (χ4v) is 2.55.